The Morgan fingerprint density at radius 2 is 1.54 bits per heavy atom. The van der Waals surface area contributed by atoms with Gasteiger partial charge in [-0.15, -0.1) is 0 Å². The van der Waals surface area contributed by atoms with Gasteiger partial charge in [0, 0.05) is 106 Å². The lowest BCUT2D eigenvalue weighted by Gasteiger charge is -2.39. The van der Waals surface area contributed by atoms with Gasteiger partial charge in [0.2, 0.25) is 23.6 Å². The molecule has 1 aliphatic carbocycles. The second kappa shape index (κ2) is 33.8. The van der Waals surface area contributed by atoms with Crippen LogP contribution in [0.25, 0.3) is 11.0 Å². The van der Waals surface area contributed by atoms with Crippen molar-refractivity contribution in [1.29, 1.82) is 0 Å². The lowest BCUT2D eigenvalue weighted by atomic mass is 9.83. The maximum absolute atomic E-state index is 14.0. The van der Waals surface area contributed by atoms with Crippen LogP contribution in [0.5, 0.6) is 11.5 Å². The summed E-state index contributed by atoms with van der Waals surface area (Å²) in [5.41, 5.74) is 9.99. The molecule has 3 saturated heterocycles. The number of hydrogen-bond donors (Lipinski definition) is 6. The molecule has 5 heterocycles. The Labute approximate surface area is 527 Å². The lowest BCUT2D eigenvalue weighted by molar-refractivity contribution is -0.134. The summed E-state index contributed by atoms with van der Waals surface area (Å²) in [6.07, 6.45) is 11.9. The van der Waals surface area contributed by atoms with Crippen molar-refractivity contribution in [1.82, 2.24) is 50.9 Å². The molecule has 2 aromatic heterocycles. The van der Waals surface area contributed by atoms with Gasteiger partial charge in [-0.3, -0.25) is 28.9 Å². The standard InChI is InChI=1S/C66H91ClN12O10/c1-3-89-57-42-54(85-2)19-16-51(57)43-69-44-59(81)79-27-8-13-52(45-79)49-11-7-12-50(41-49)63(82)75-60(48-9-5-4-6-10-48)64(83)71-26-36-87-38-40-88-39-37-86-35-22-58(80)77-33-31-76(32-34-77)28-21-56(47-14-17-53(67)18-15-47)74-65(84)66(68)23-29-78(30-24-66)62-55-20-25-70-61(55)72-46-73-62/h7,11-12,14-20,25,41-42,46,48,52,56,60,69H,3-6,8-10,13,21-24,26-40,43-45,68H2,1-2H3,(H,71,83)(H,74,84)(H,75,82)(H,70,72,73)/t52?,56-,60-/m0/s1. The van der Waals surface area contributed by atoms with E-state index < -0.39 is 11.6 Å². The number of methoxy groups -OCH3 is 1. The monoisotopic (exact) mass is 1250 g/mol. The smallest absolute Gasteiger partial charge is 0.251 e. The van der Waals surface area contributed by atoms with E-state index in [9.17, 15) is 24.0 Å². The van der Waals surface area contributed by atoms with E-state index in [1.807, 2.05) is 89.7 Å². The summed E-state index contributed by atoms with van der Waals surface area (Å²) in [4.78, 5) is 88.5. The number of H-pyrrole nitrogens is 1. The normalized spacial score (nSPS) is 18.1. The first-order valence-electron chi connectivity index (χ1n) is 32.0. The van der Waals surface area contributed by atoms with Gasteiger partial charge in [0.1, 0.15) is 35.3 Å². The van der Waals surface area contributed by atoms with Gasteiger partial charge in [-0.05, 0) is 105 Å². The number of nitrogens with two attached hydrogens (primary N) is 1. The molecule has 1 unspecified atom stereocenters. The number of rotatable bonds is 31. The van der Waals surface area contributed by atoms with Gasteiger partial charge < -0.3 is 70.4 Å². The molecule has 4 aliphatic rings. The van der Waals surface area contributed by atoms with Gasteiger partial charge >= 0.3 is 0 Å². The van der Waals surface area contributed by atoms with E-state index in [4.69, 9.17) is 41.0 Å². The third-order valence-electron chi connectivity index (χ3n) is 17.8. The lowest BCUT2D eigenvalue weighted by Crippen LogP contribution is -2.60. The van der Waals surface area contributed by atoms with Crippen molar-refractivity contribution in [2.24, 2.45) is 11.7 Å². The molecular weight excluding hydrogens is 1160 g/mol. The van der Waals surface area contributed by atoms with E-state index in [-0.39, 0.29) is 73.5 Å². The van der Waals surface area contributed by atoms with Crippen LogP contribution in [0.1, 0.15) is 117 Å². The number of anilines is 1. The van der Waals surface area contributed by atoms with Crippen molar-refractivity contribution >= 4 is 58.0 Å². The molecule has 1 saturated carbocycles. The molecule has 89 heavy (non-hydrogen) atoms. The number of nitrogens with one attached hydrogen (secondary N) is 5. The first kappa shape index (κ1) is 66.5. The Kier molecular flexibility index (Phi) is 25.2. The Hall–Kier alpha value is -6.92. The zero-order valence-corrected chi connectivity index (χ0v) is 52.6. The largest absolute Gasteiger partial charge is 0.497 e. The Morgan fingerprint density at radius 1 is 0.787 bits per heavy atom. The number of piperazine rings is 1. The summed E-state index contributed by atoms with van der Waals surface area (Å²) >= 11 is 6.26. The average Bonchev–Trinajstić information content (AvgIpc) is 2.13. The van der Waals surface area contributed by atoms with Gasteiger partial charge in [-0.1, -0.05) is 61.2 Å². The van der Waals surface area contributed by atoms with Crippen molar-refractivity contribution in [2.75, 3.05) is 130 Å². The number of piperidine rings is 2. The number of carbonyl (C=O) groups excluding carboxylic acids is 5. The van der Waals surface area contributed by atoms with Crippen molar-refractivity contribution in [3.63, 3.8) is 0 Å². The zero-order chi connectivity index (χ0) is 62.4. The molecule has 3 aromatic carbocycles. The van der Waals surface area contributed by atoms with E-state index >= 15 is 0 Å². The molecular formula is C66H91ClN12O10. The van der Waals surface area contributed by atoms with E-state index in [1.165, 1.54) is 0 Å². The number of likely N-dealkylation sites (tertiary alicyclic amines) is 1. The molecule has 482 valence electrons. The fraction of sp³-hybridized carbons (Fsp3) is 0.561. The maximum atomic E-state index is 14.0. The molecule has 0 bridgehead atoms. The topological polar surface area (TPSA) is 260 Å². The Balaban J connectivity index is 0.619. The predicted molar refractivity (Wildman–Crippen MR) is 341 cm³/mol. The van der Waals surface area contributed by atoms with Crippen LogP contribution in [-0.2, 0) is 39.9 Å². The van der Waals surface area contributed by atoms with E-state index in [0.717, 1.165) is 104 Å². The Morgan fingerprint density at radius 3 is 2.29 bits per heavy atom. The highest BCUT2D eigenvalue weighted by Crippen LogP contribution is 2.32. The maximum Gasteiger partial charge on any atom is 0.251 e. The van der Waals surface area contributed by atoms with Crippen LogP contribution < -0.4 is 41.4 Å². The van der Waals surface area contributed by atoms with Gasteiger partial charge in [0.15, 0.2) is 0 Å². The van der Waals surface area contributed by atoms with Crippen molar-refractivity contribution in [3.8, 4) is 11.5 Å². The SMILES string of the molecule is CCOc1cc(OC)ccc1CNCC(=O)N1CCCC(c2cccc(C(=O)N[C@H](C(=O)NCCOCCOCCOCCC(=O)N3CCN(CC[C@H](NC(=O)C4(N)CCN(c5ncnc6[nH]ccc56)CC4)c4ccc(Cl)cc4)CC3)C3CCCCC3)c2)C1. The molecule has 23 heteroatoms. The summed E-state index contributed by atoms with van der Waals surface area (Å²) in [5.74, 6) is 1.77. The third-order valence-corrected chi connectivity index (χ3v) is 18.0. The molecule has 3 aliphatic heterocycles. The fourth-order valence-electron chi connectivity index (χ4n) is 12.5. The van der Waals surface area contributed by atoms with E-state index in [1.54, 1.807) is 19.5 Å². The highest BCUT2D eigenvalue weighted by Gasteiger charge is 2.40. The second-order valence-corrected chi connectivity index (χ2v) is 24.1. The fourth-order valence-corrected chi connectivity index (χ4v) is 12.7. The van der Waals surface area contributed by atoms with Crippen LogP contribution in [0.15, 0.2) is 85.3 Å². The molecule has 5 aromatic rings. The number of aromatic amines is 1. The predicted octanol–water partition coefficient (Wildman–Crippen LogP) is 6.14. The molecule has 5 amide bonds. The number of fused-ring (bicyclic) bond motifs is 1. The van der Waals surface area contributed by atoms with Crippen LogP contribution in [-0.4, -0.2) is 196 Å². The number of halogens is 1. The van der Waals surface area contributed by atoms with Crippen LogP contribution >= 0.6 is 11.6 Å². The quantitative estimate of drug-likeness (QED) is 0.0272. The van der Waals surface area contributed by atoms with Crippen LogP contribution in [0.3, 0.4) is 0 Å². The summed E-state index contributed by atoms with van der Waals surface area (Å²) in [6.45, 7) is 11.2. The third kappa shape index (κ3) is 19.1. The van der Waals surface area contributed by atoms with Crippen molar-refractivity contribution in [2.45, 2.75) is 108 Å². The minimum Gasteiger partial charge on any atom is -0.497 e. The number of carbonyl (C=O) groups is 5. The highest BCUT2D eigenvalue weighted by molar-refractivity contribution is 6.30. The Bertz CT molecular complexity index is 3080. The minimum absolute atomic E-state index is 0.0247. The molecule has 3 atom stereocenters. The molecule has 4 fully saturated rings. The number of ether oxygens (including phenoxy) is 5. The zero-order valence-electron chi connectivity index (χ0n) is 51.8. The first-order chi connectivity index (χ1) is 43.4. The number of hydrogen-bond acceptors (Lipinski definition) is 16. The molecule has 0 radical (unpaired) electrons. The first-order valence-corrected chi connectivity index (χ1v) is 32.3. The van der Waals surface area contributed by atoms with Gasteiger partial charge in [-0.2, -0.15) is 0 Å². The van der Waals surface area contributed by atoms with Crippen molar-refractivity contribution < 1.29 is 47.7 Å². The number of amides is 5. The molecule has 22 nitrogen and oxygen atoms in total. The van der Waals surface area contributed by atoms with E-state index in [2.05, 4.69) is 46.0 Å². The van der Waals surface area contributed by atoms with Crippen LogP contribution in [0.2, 0.25) is 5.02 Å². The number of aromatic nitrogens is 3. The minimum atomic E-state index is -1.03. The van der Waals surface area contributed by atoms with Gasteiger partial charge in [0.25, 0.3) is 5.91 Å². The summed E-state index contributed by atoms with van der Waals surface area (Å²) in [5, 5.41) is 14.3. The molecule has 0 spiro atoms. The van der Waals surface area contributed by atoms with Crippen LogP contribution in [0, 0.1) is 5.92 Å². The van der Waals surface area contributed by atoms with E-state index in [0.29, 0.717) is 121 Å². The summed E-state index contributed by atoms with van der Waals surface area (Å²) < 4.78 is 28.4. The summed E-state index contributed by atoms with van der Waals surface area (Å²) in [6, 6.07) is 21.9. The number of nitrogens with zero attached hydrogens (tertiary/aromatic N) is 6. The average molecular weight is 1250 g/mol. The van der Waals surface area contributed by atoms with Crippen LogP contribution in [0.4, 0.5) is 5.82 Å². The second-order valence-electron chi connectivity index (χ2n) is 23.7. The van der Waals surface area contributed by atoms with Gasteiger partial charge in [0.05, 0.1) is 83.3 Å². The highest BCUT2D eigenvalue weighted by atomic mass is 35.5. The number of benzene rings is 3. The van der Waals surface area contributed by atoms with Gasteiger partial charge in [-0.25, -0.2) is 9.97 Å². The van der Waals surface area contributed by atoms with Crippen molar-refractivity contribution in [3.05, 3.63) is 113 Å². The molecule has 7 N–H and O–H groups in total. The summed E-state index contributed by atoms with van der Waals surface area (Å²) in [7, 11) is 1.62. The molecule has 9 rings (SSSR count).